The molecule has 0 saturated carbocycles. The first-order chi connectivity index (χ1) is 8.11. The molecule has 0 heterocycles. The van der Waals surface area contributed by atoms with Crippen LogP contribution in [0.5, 0.6) is 0 Å². The number of nitrogens with two attached hydrogens (primary N) is 1. The average Bonchev–Trinajstić information content (AvgIpc) is 2.34. The van der Waals surface area contributed by atoms with Crippen LogP contribution >= 0.6 is 0 Å². The summed E-state index contributed by atoms with van der Waals surface area (Å²) in [7, 11) is 0. The van der Waals surface area contributed by atoms with Gasteiger partial charge >= 0.3 is 0 Å². The summed E-state index contributed by atoms with van der Waals surface area (Å²) in [6, 6.07) is 9.72. The van der Waals surface area contributed by atoms with Crippen molar-refractivity contribution in [3.05, 3.63) is 59.2 Å². The molecule has 0 radical (unpaired) electrons. The maximum absolute atomic E-state index is 13.7. The van der Waals surface area contributed by atoms with Gasteiger partial charge < -0.3 is 5.73 Å². The zero-order valence-electron chi connectivity index (χ0n) is 9.50. The van der Waals surface area contributed by atoms with Crippen LogP contribution in [-0.2, 0) is 6.54 Å². The fourth-order valence-electron chi connectivity index (χ4n) is 1.74. The largest absolute Gasteiger partial charge is 0.326 e. The predicted octanol–water partition coefficient (Wildman–Crippen LogP) is 3.40. The van der Waals surface area contributed by atoms with Gasteiger partial charge in [0, 0.05) is 18.2 Å². The molecule has 0 unspecified atom stereocenters. The van der Waals surface area contributed by atoms with Crippen LogP contribution in [0.25, 0.3) is 11.1 Å². The molecule has 0 aliphatic heterocycles. The van der Waals surface area contributed by atoms with Gasteiger partial charge in [-0.25, -0.2) is 8.78 Å². The molecule has 88 valence electrons. The Morgan fingerprint density at radius 3 is 2.53 bits per heavy atom. The van der Waals surface area contributed by atoms with Crippen molar-refractivity contribution >= 4 is 0 Å². The van der Waals surface area contributed by atoms with E-state index in [0.717, 1.165) is 11.6 Å². The highest BCUT2D eigenvalue weighted by atomic mass is 19.1. The molecule has 3 heteroatoms. The number of halogens is 2. The first-order valence-electron chi connectivity index (χ1n) is 5.37. The highest BCUT2D eigenvalue weighted by Crippen LogP contribution is 2.26. The van der Waals surface area contributed by atoms with Gasteiger partial charge in [-0.15, -0.1) is 0 Å². The monoisotopic (exact) mass is 233 g/mol. The molecule has 1 nitrogen and oxygen atoms in total. The fraction of sp³-hybridized carbons (Fsp3) is 0.143. The van der Waals surface area contributed by atoms with Crippen molar-refractivity contribution in [3.8, 4) is 11.1 Å². The molecule has 0 spiro atoms. The zero-order chi connectivity index (χ0) is 12.4. The van der Waals surface area contributed by atoms with Gasteiger partial charge in [0.05, 0.1) is 0 Å². The van der Waals surface area contributed by atoms with Crippen molar-refractivity contribution in [2.24, 2.45) is 5.73 Å². The summed E-state index contributed by atoms with van der Waals surface area (Å²) in [5, 5.41) is 0. The zero-order valence-corrected chi connectivity index (χ0v) is 9.50. The lowest BCUT2D eigenvalue weighted by atomic mass is 10.0. The van der Waals surface area contributed by atoms with E-state index in [9.17, 15) is 8.78 Å². The minimum absolute atomic E-state index is 0.398. The molecule has 2 aromatic carbocycles. The fourth-order valence-corrected chi connectivity index (χ4v) is 1.74. The summed E-state index contributed by atoms with van der Waals surface area (Å²) in [6.07, 6.45) is 0. The van der Waals surface area contributed by atoms with Crippen molar-refractivity contribution in [1.82, 2.24) is 0 Å². The van der Waals surface area contributed by atoms with E-state index >= 15 is 0 Å². The van der Waals surface area contributed by atoms with Gasteiger partial charge in [0.2, 0.25) is 0 Å². The predicted molar refractivity (Wildman–Crippen MR) is 64.4 cm³/mol. The molecule has 0 aliphatic carbocycles. The highest BCUT2D eigenvalue weighted by Gasteiger charge is 2.09. The highest BCUT2D eigenvalue weighted by molar-refractivity contribution is 5.65. The molecule has 0 atom stereocenters. The normalized spacial score (nSPS) is 10.6. The van der Waals surface area contributed by atoms with Crippen LogP contribution in [0.15, 0.2) is 36.4 Å². The van der Waals surface area contributed by atoms with Gasteiger partial charge in [-0.1, -0.05) is 18.2 Å². The van der Waals surface area contributed by atoms with Crippen molar-refractivity contribution in [2.75, 3.05) is 0 Å². The first-order valence-corrected chi connectivity index (χ1v) is 5.37. The second-order valence-electron chi connectivity index (χ2n) is 3.99. The molecule has 0 bridgehead atoms. The second kappa shape index (κ2) is 4.63. The third-order valence-electron chi connectivity index (χ3n) is 2.72. The third kappa shape index (κ3) is 2.34. The van der Waals surface area contributed by atoms with E-state index in [0.29, 0.717) is 23.2 Å². The summed E-state index contributed by atoms with van der Waals surface area (Å²) in [4.78, 5) is 0. The number of rotatable bonds is 2. The van der Waals surface area contributed by atoms with Gasteiger partial charge in [-0.3, -0.25) is 0 Å². The number of hydrogen-bond acceptors (Lipinski definition) is 1. The molecule has 0 aliphatic rings. The van der Waals surface area contributed by atoms with Crippen LogP contribution < -0.4 is 5.73 Å². The lowest BCUT2D eigenvalue weighted by Crippen LogP contribution is -1.96. The van der Waals surface area contributed by atoms with Crippen molar-refractivity contribution < 1.29 is 8.78 Å². The maximum Gasteiger partial charge on any atom is 0.133 e. The van der Waals surface area contributed by atoms with Gasteiger partial charge in [0.15, 0.2) is 0 Å². The summed E-state index contributed by atoms with van der Waals surface area (Å²) in [6.45, 7) is 2.01. The summed E-state index contributed by atoms with van der Waals surface area (Å²) in [5.41, 5.74) is 8.00. The summed E-state index contributed by atoms with van der Waals surface area (Å²) in [5.74, 6) is -1.08. The maximum atomic E-state index is 13.7. The van der Waals surface area contributed by atoms with Gasteiger partial charge in [-0.05, 0) is 35.7 Å². The van der Waals surface area contributed by atoms with E-state index in [2.05, 4.69) is 0 Å². The summed E-state index contributed by atoms with van der Waals surface area (Å²) < 4.78 is 26.8. The van der Waals surface area contributed by atoms with Crippen LogP contribution in [0.4, 0.5) is 8.78 Å². The minimum Gasteiger partial charge on any atom is -0.326 e. The standard InChI is InChI=1S/C14H13F2N/c1-9-5-12(14(16)7-13(9)15)11-4-2-3-10(6-11)8-17/h2-7H,8,17H2,1H3. The van der Waals surface area contributed by atoms with Gasteiger partial charge in [0.25, 0.3) is 0 Å². The van der Waals surface area contributed by atoms with Crippen LogP contribution in [0.1, 0.15) is 11.1 Å². The molecule has 2 rings (SSSR count). The smallest absolute Gasteiger partial charge is 0.133 e. The lowest BCUT2D eigenvalue weighted by Gasteiger charge is -2.07. The van der Waals surface area contributed by atoms with Crippen molar-refractivity contribution in [1.29, 1.82) is 0 Å². The Bertz CT molecular complexity index is 550. The Balaban J connectivity index is 2.56. The number of benzene rings is 2. The lowest BCUT2D eigenvalue weighted by molar-refractivity contribution is 0.579. The first kappa shape index (κ1) is 11.7. The Kier molecular flexibility index (Phi) is 3.20. The Morgan fingerprint density at radius 1 is 1.06 bits per heavy atom. The minimum atomic E-state index is -0.553. The van der Waals surface area contributed by atoms with Crippen molar-refractivity contribution in [2.45, 2.75) is 13.5 Å². The topological polar surface area (TPSA) is 26.0 Å². The average molecular weight is 233 g/mol. The van der Waals surface area contributed by atoms with E-state index in [-0.39, 0.29) is 0 Å². The van der Waals surface area contributed by atoms with Gasteiger partial charge in [-0.2, -0.15) is 0 Å². The molecule has 0 amide bonds. The Hall–Kier alpha value is -1.74. The molecule has 0 saturated heterocycles. The van der Waals surface area contributed by atoms with Crippen LogP contribution in [0.3, 0.4) is 0 Å². The summed E-state index contributed by atoms with van der Waals surface area (Å²) >= 11 is 0. The molecule has 2 N–H and O–H groups in total. The third-order valence-corrected chi connectivity index (χ3v) is 2.72. The van der Waals surface area contributed by atoms with E-state index in [4.69, 9.17) is 5.73 Å². The molecular formula is C14H13F2N. The van der Waals surface area contributed by atoms with Crippen LogP contribution in [-0.4, -0.2) is 0 Å². The molecule has 0 fully saturated rings. The molecular weight excluding hydrogens is 220 g/mol. The van der Waals surface area contributed by atoms with Gasteiger partial charge in [0.1, 0.15) is 11.6 Å². The van der Waals surface area contributed by atoms with Crippen LogP contribution in [0.2, 0.25) is 0 Å². The molecule has 17 heavy (non-hydrogen) atoms. The molecule has 2 aromatic rings. The van der Waals surface area contributed by atoms with E-state index in [1.807, 2.05) is 18.2 Å². The Labute approximate surface area is 98.9 Å². The van der Waals surface area contributed by atoms with Crippen LogP contribution in [0, 0.1) is 18.6 Å². The number of aryl methyl sites for hydroxylation is 1. The SMILES string of the molecule is Cc1cc(-c2cccc(CN)c2)c(F)cc1F. The van der Waals surface area contributed by atoms with E-state index < -0.39 is 11.6 Å². The van der Waals surface area contributed by atoms with E-state index in [1.54, 1.807) is 13.0 Å². The van der Waals surface area contributed by atoms with E-state index in [1.165, 1.54) is 6.07 Å². The quantitative estimate of drug-likeness (QED) is 0.845. The number of hydrogen-bond donors (Lipinski definition) is 1. The van der Waals surface area contributed by atoms with Crippen molar-refractivity contribution in [3.63, 3.8) is 0 Å². The molecule has 0 aromatic heterocycles. The Morgan fingerprint density at radius 2 is 1.82 bits per heavy atom. The second-order valence-corrected chi connectivity index (χ2v) is 3.99.